The van der Waals surface area contributed by atoms with Gasteiger partial charge in [-0.05, 0) is 55.9 Å². The fourth-order valence-corrected chi connectivity index (χ4v) is 3.73. The van der Waals surface area contributed by atoms with E-state index < -0.39 is 0 Å². The summed E-state index contributed by atoms with van der Waals surface area (Å²) in [7, 11) is 0. The van der Waals surface area contributed by atoms with Crippen molar-refractivity contribution in [1.82, 2.24) is 0 Å². The summed E-state index contributed by atoms with van der Waals surface area (Å²) in [5, 5.41) is 3.05. The van der Waals surface area contributed by atoms with Crippen molar-refractivity contribution in [2.75, 3.05) is 17.3 Å². The number of anilines is 1. The highest BCUT2D eigenvalue weighted by Gasteiger charge is 2.08. The summed E-state index contributed by atoms with van der Waals surface area (Å²) < 4.78 is 0. The predicted octanol–water partition coefficient (Wildman–Crippen LogP) is 5.21. The Hall–Kier alpha value is -1.39. The van der Waals surface area contributed by atoms with E-state index in [0.29, 0.717) is 5.75 Å². The van der Waals surface area contributed by atoms with Gasteiger partial charge in [0.25, 0.3) is 0 Å². The molecule has 0 spiro atoms. The van der Waals surface area contributed by atoms with Gasteiger partial charge in [0.2, 0.25) is 5.91 Å². The standard InChI is InChI=1S/C19H23NOS2/c1-13-9-14(2)19(15(3)10-13)20-18(21)12-23-11-16-5-7-17(22-4)8-6-16/h5-10H,11-12H2,1-4H3,(H,20,21). The minimum atomic E-state index is 0.0609. The third-order valence-electron chi connectivity index (χ3n) is 3.60. The maximum absolute atomic E-state index is 12.2. The number of benzene rings is 2. The van der Waals surface area contributed by atoms with Crippen LogP contribution >= 0.6 is 23.5 Å². The molecule has 0 heterocycles. The molecule has 0 aliphatic rings. The van der Waals surface area contributed by atoms with Crippen molar-refractivity contribution >= 4 is 35.1 Å². The van der Waals surface area contributed by atoms with Crippen LogP contribution in [-0.4, -0.2) is 17.9 Å². The molecular formula is C19H23NOS2. The molecule has 0 saturated heterocycles. The molecule has 0 aliphatic carbocycles. The van der Waals surface area contributed by atoms with Crippen molar-refractivity contribution in [1.29, 1.82) is 0 Å². The van der Waals surface area contributed by atoms with Crippen LogP contribution in [0.2, 0.25) is 0 Å². The van der Waals surface area contributed by atoms with E-state index in [0.717, 1.165) is 22.6 Å². The van der Waals surface area contributed by atoms with Crippen LogP contribution in [0.3, 0.4) is 0 Å². The summed E-state index contributed by atoms with van der Waals surface area (Å²) in [6.45, 7) is 6.15. The summed E-state index contributed by atoms with van der Waals surface area (Å²) in [6, 6.07) is 12.7. The molecule has 0 atom stereocenters. The fraction of sp³-hybridized carbons (Fsp3) is 0.316. The SMILES string of the molecule is CSc1ccc(CSCC(=O)Nc2c(C)cc(C)cc2C)cc1. The molecule has 4 heteroatoms. The zero-order valence-electron chi connectivity index (χ0n) is 14.1. The van der Waals surface area contributed by atoms with Crippen LogP contribution in [0.15, 0.2) is 41.3 Å². The molecule has 1 amide bonds. The van der Waals surface area contributed by atoms with Gasteiger partial charge in [-0.15, -0.1) is 23.5 Å². The number of rotatable bonds is 6. The first-order chi connectivity index (χ1) is 11.0. The van der Waals surface area contributed by atoms with Gasteiger partial charge >= 0.3 is 0 Å². The Morgan fingerprint density at radius 2 is 1.65 bits per heavy atom. The Labute approximate surface area is 147 Å². The lowest BCUT2D eigenvalue weighted by Gasteiger charge is -2.12. The second kappa shape index (κ2) is 8.46. The summed E-state index contributed by atoms with van der Waals surface area (Å²) in [6.07, 6.45) is 2.07. The van der Waals surface area contributed by atoms with E-state index in [-0.39, 0.29) is 5.91 Å². The number of amides is 1. The molecule has 1 N–H and O–H groups in total. The van der Waals surface area contributed by atoms with Gasteiger partial charge in [0, 0.05) is 16.3 Å². The zero-order chi connectivity index (χ0) is 16.8. The van der Waals surface area contributed by atoms with Crippen molar-refractivity contribution < 1.29 is 4.79 Å². The third-order valence-corrected chi connectivity index (χ3v) is 5.35. The molecule has 0 bridgehead atoms. The second-order valence-electron chi connectivity index (χ2n) is 5.66. The molecule has 0 radical (unpaired) electrons. The molecule has 2 nitrogen and oxygen atoms in total. The van der Waals surface area contributed by atoms with Crippen molar-refractivity contribution in [2.45, 2.75) is 31.4 Å². The number of hydrogen-bond acceptors (Lipinski definition) is 3. The first-order valence-corrected chi connectivity index (χ1v) is 9.96. The minimum Gasteiger partial charge on any atom is -0.325 e. The smallest absolute Gasteiger partial charge is 0.234 e. The largest absolute Gasteiger partial charge is 0.325 e. The van der Waals surface area contributed by atoms with Gasteiger partial charge in [-0.3, -0.25) is 4.79 Å². The molecule has 2 aromatic carbocycles. The van der Waals surface area contributed by atoms with E-state index in [1.807, 2.05) is 13.8 Å². The number of thioether (sulfide) groups is 2. The molecule has 0 saturated carbocycles. The number of nitrogens with one attached hydrogen (secondary N) is 1. The van der Waals surface area contributed by atoms with Gasteiger partial charge in [0.1, 0.15) is 0 Å². The van der Waals surface area contributed by atoms with E-state index in [4.69, 9.17) is 0 Å². The lowest BCUT2D eigenvalue weighted by molar-refractivity contribution is -0.113. The van der Waals surface area contributed by atoms with Gasteiger partial charge in [-0.2, -0.15) is 0 Å². The molecule has 0 unspecified atom stereocenters. The fourth-order valence-electron chi connectivity index (χ4n) is 2.54. The van der Waals surface area contributed by atoms with Crippen LogP contribution < -0.4 is 5.32 Å². The molecule has 23 heavy (non-hydrogen) atoms. The van der Waals surface area contributed by atoms with Gasteiger partial charge < -0.3 is 5.32 Å². The van der Waals surface area contributed by atoms with E-state index >= 15 is 0 Å². The minimum absolute atomic E-state index is 0.0609. The average Bonchev–Trinajstić information content (AvgIpc) is 2.51. The van der Waals surface area contributed by atoms with Crippen LogP contribution in [0.25, 0.3) is 0 Å². The van der Waals surface area contributed by atoms with Crippen LogP contribution in [0.1, 0.15) is 22.3 Å². The second-order valence-corrected chi connectivity index (χ2v) is 7.53. The van der Waals surface area contributed by atoms with Crippen LogP contribution in [-0.2, 0) is 10.5 Å². The van der Waals surface area contributed by atoms with E-state index in [1.165, 1.54) is 16.0 Å². The Morgan fingerprint density at radius 3 is 2.22 bits per heavy atom. The lowest BCUT2D eigenvalue weighted by Crippen LogP contribution is -2.16. The first kappa shape index (κ1) is 18.0. The van der Waals surface area contributed by atoms with Crippen LogP contribution in [0.4, 0.5) is 5.69 Å². The van der Waals surface area contributed by atoms with Crippen molar-refractivity contribution in [3.05, 3.63) is 58.7 Å². The van der Waals surface area contributed by atoms with Crippen molar-refractivity contribution in [3.8, 4) is 0 Å². The van der Waals surface area contributed by atoms with Gasteiger partial charge in [0.05, 0.1) is 5.75 Å². The highest BCUT2D eigenvalue weighted by Crippen LogP contribution is 2.23. The maximum Gasteiger partial charge on any atom is 0.234 e. The molecule has 122 valence electrons. The van der Waals surface area contributed by atoms with E-state index in [9.17, 15) is 4.79 Å². The topological polar surface area (TPSA) is 29.1 Å². The molecule has 2 aromatic rings. The Balaban J connectivity index is 1.85. The molecule has 0 aromatic heterocycles. The molecule has 0 aliphatic heterocycles. The van der Waals surface area contributed by atoms with Gasteiger partial charge in [-0.1, -0.05) is 29.8 Å². The van der Waals surface area contributed by atoms with E-state index in [1.54, 1.807) is 23.5 Å². The summed E-state index contributed by atoms with van der Waals surface area (Å²) >= 11 is 3.38. The van der Waals surface area contributed by atoms with Crippen LogP contribution in [0, 0.1) is 20.8 Å². The highest BCUT2D eigenvalue weighted by atomic mass is 32.2. The zero-order valence-corrected chi connectivity index (χ0v) is 15.7. The number of carbonyl (C=O) groups excluding carboxylic acids is 1. The van der Waals surface area contributed by atoms with Gasteiger partial charge in [0.15, 0.2) is 0 Å². The molecular weight excluding hydrogens is 322 g/mol. The summed E-state index contributed by atoms with van der Waals surface area (Å²) in [5.41, 5.74) is 5.66. The highest BCUT2D eigenvalue weighted by molar-refractivity contribution is 7.99. The Kier molecular flexibility index (Phi) is 6.60. The van der Waals surface area contributed by atoms with Crippen LogP contribution in [0.5, 0.6) is 0 Å². The number of aryl methyl sites for hydroxylation is 3. The number of hydrogen-bond donors (Lipinski definition) is 1. The number of carbonyl (C=O) groups is 1. The summed E-state index contributed by atoms with van der Waals surface area (Å²) in [5.74, 6) is 1.39. The van der Waals surface area contributed by atoms with Crippen molar-refractivity contribution in [3.63, 3.8) is 0 Å². The Bertz CT molecular complexity index is 657. The predicted molar refractivity (Wildman–Crippen MR) is 104 cm³/mol. The van der Waals surface area contributed by atoms with Gasteiger partial charge in [-0.25, -0.2) is 0 Å². The normalized spacial score (nSPS) is 10.6. The molecule has 0 fully saturated rings. The lowest BCUT2D eigenvalue weighted by atomic mass is 10.1. The van der Waals surface area contributed by atoms with Crippen molar-refractivity contribution in [2.24, 2.45) is 0 Å². The summed E-state index contributed by atoms with van der Waals surface area (Å²) in [4.78, 5) is 13.4. The monoisotopic (exact) mass is 345 g/mol. The third kappa shape index (κ3) is 5.33. The Morgan fingerprint density at radius 1 is 1.04 bits per heavy atom. The maximum atomic E-state index is 12.2. The first-order valence-electron chi connectivity index (χ1n) is 7.58. The quantitative estimate of drug-likeness (QED) is 0.729. The molecule has 2 rings (SSSR count). The average molecular weight is 346 g/mol. The van der Waals surface area contributed by atoms with E-state index in [2.05, 4.69) is 54.9 Å².